The van der Waals surface area contributed by atoms with Gasteiger partial charge in [-0.05, 0) is 93.0 Å². The molecule has 0 unspecified atom stereocenters. The maximum atomic E-state index is 14.4. The van der Waals surface area contributed by atoms with Crippen LogP contribution in [0.4, 0.5) is 0 Å². The first-order valence-corrected chi connectivity index (χ1v) is 24.3. The summed E-state index contributed by atoms with van der Waals surface area (Å²) >= 11 is 1.47. The van der Waals surface area contributed by atoms with Crippen LogP contribution < -0.4 is 5.32 Å². The summed E-state index contributed by atoms with van der Waals surface area (Å²) in [4.78, 5) is 44.2. The Bertz CT molecular complexity index is 1680. The SMILES string of the molecule is CC[C@H]1OC(=O)[C@H](C)[C@@H](O[C@H]2C[C@@](C)(OC)[C@@H](O)[C@H](C)O2)[C@H](C)[C@@H](O[C@H]2O[C@H](C)C[C@H](N(C)CCCNC(=O)CSc3ccccc3)[C@H]2O)[C@](C)(OC)C[C@@H](C)C(=O)[C@H](C)[C@@H](O)[C@]1(C)O. The van der Waals surface area contributed by atoms with E-state index in [0.717, 1.165) is 4.90 Å². The highest BCUT2D eigenvalue weighted by molar-refractivity contribution is 8.00. The number of amides is 1. The Hall–Kier alpha value is -2.26. The Morgan fingerprint density at radius 2 is 1.55 bits per heavy atom. The molecule has 3 saturated heterocycles. The Kier molecular flexibility index (Phi) is 20.3. The molecule has 4 rings (SSSR count). The fourth-order valence-corrected chi connectivity index (χ4v) is 10.7. The Balaban J connectivity index is 1.67. The van der Waals surface area contributed by atoms with E-state index in [-0.39, 0.29) is 37.1 Å². The maximum Gasteiger partial charge on any atom is 0.311 e. The number of nitrogens with zero attached hydrogens (tertiary/aromatic N) is 1. The molecule has 3 aliphatic heterocycles. The standard InChI is InChI=1S/C48H80N2O14S/c1-14-35-48(10,57)41(54)29(4)38(52)27(2)24-47(9,59-13)43(30(5)40(31(6)44(56)62-35)63-37-25-46(8,58-12)42(55)32(7)61-37)64-45-39(53)34(23-28(3)60-45)50(11)22-18-21-49-36(51)26-65-33-19-16-15-17-20-33/h15-17,19-20,27-32,34-35,37,39-43,45,53-55,57H,14,18,21-26H2,1-13H3,(H,49,51)/t27-,28-,29+,30+,31-,32+,34+,35-,37+,39-,40+,41-,42+,43-,45-,46-,47-,48-/m1/s1. The molecular weight excluding hydrogens is 861 g/mol. The lowest BCUT2D eigenvalue weighted by Crippen LogP contribution is -2.61. The third-order valence-electron chi connectivity index (χ3n) is 14.3. The van der Waals surface area contributed by atoms with Gasteiger partial charge in [0.1, 0.15) is 29.7 Å². The van der Waals surface area contributed by atoms with Gasteiger partial charge in [-0.15, -0.1) is 11.8 Å². The molecule has 1 amide bonds. The van der Waals surface area contributed by atoms with E-state index in [1.165, 1.54) is 32.9 Å². The molecule has 3 fully saturated rings. The number of aliphatic hydroxyl groups is 4. The van der Waals surface area contributed by atoms with E-state index < -0.39 is 108 Å². The number of carbonyl (C=O) groups excluding carboxylic acids is 3. The van der Waals surface area contributed by atoms with E-state index in [4.69, 9.17) is 33.2 Å². The monoisotopic (exact) mass is 941 g/mol. The zero-order chi connectivity index (χ0) is 48.6. The van der Waals surface area contributed by atoms with E-state index in [0.29, 0.717) is 31.7 Å². The van der Waals surface area contributed by atoms with E-state index in [1.807, 2.05) is 56.1 Å². The maximum absolute atomic E-state index is 14.4. The summed E-state index contributed by atoms with van der Waals surface area (Å²) in [5.74, 6) is -4.46. The minimum atomic E-state index is -2.00. The molecular formula is C48H80N2O14S. The first-order valence-electron chi connectivity index (χ1n) is 23.3. The van der Waals surface area contributed by atoms with Gasteiger partial charge in [0, 0.05) is 55.9 Å². The fourth-order valence-electron chi connectivity index (χ4n) is 9.95. The predicted octanol–water partition coefficient (Wildman–Crippen LogP) is 4.11. The van der Waals surface area contributed by atoms with Crippen LogP contribution >= 0.6 is 11.8 Å². The van der Waals surface area contributed by atoms with Crippen LogP contribution in [0.15, 0.2) is 35.2 Å². The number of thioether (sulfide) groups is 1. The molecule has 17 heteroatoms. The minimum absolute atomic E-state index is 0.0633. The Morgan fingerprint density at radius 1 is 0.908 bits per heavy atom. The summed E-state index contributed by atoms with van der Waals surface area (Å²) in [6.45, 7) is 18.0. The van der Waals surface area contributed by atoms with Crippen molar-refractivity contribution in [1.82, 2.24) is 10.2 Å². The topological polar surface area (TPSA) is 212 Å². The lowest BCUT2D eigenvalue weighted by molar-refractivity contribution is -0.319. The number of hydrogen-bond acceptors (Lipinski definition) is 16. The van der Waals surface area contributed by atoms with Crippen molar-refractivity contribution in [2.45, 2.75) is 190 Å². The quantitative estimate of drug-likeness (QED) is 0.0952. The molecule has 372 valence electrons. The van der Waals surface area contributed by atoms with Crippen LogP contribution in [0.3, 0.4) is 0 Å². The van der Waals surface area contributed by atoms with Gasteiger partial charge in [-0.2, -0.15) is 0 Å². The van der Waals surface area contributed by atoms with Crippen LogP contribution in [-0.2, 0) is 47.5 Å². The number of cyclic esters (lactones) is 1. The van der Waals surface area contributed by atoms with Gasteiger partial charge in [0.05, 0.1) is 53.4 Å². The Morgan fingerprint density at radius 3 is 2.17 bits per heavy atom. The average molecular weight is 941 g/mol. The number of hydrogen-bond donors (Lipinski definition) is 5. The van der Waals surface area contributed by atoms with Gasteiger partial charge in [0.2, 0.25) is 5.91 Å². The molecule has 0 bridgehead atoms. The second-order valence-electron chi connectivity index (χ2n) is 19.5. The van der Waals surface area contributed by atoms with Crippen LogP contribution in [0.2, 0.25) is 0 Å². The number of ether oxygens (including phenoxy) is 7. The largest absolute Gasteiger partial charge is 0.459 e. The molecule has 5 N–H and O–H groups in total. The van der Waals surface area contributed by atoms with Crippen molar-refractivity contribution in [2.24, 2.45) is 23.7 Å². The highest BCUT2D eigenvalue weighted by atomic mass is 32.2. The number of aliphatic hydroxyl groups excluding tert-OH is 3. The molecule has 18 atom stereocenters. The zero-order valence-electron chi connectivity index (χ0n) is 40.9. The Labute approximate surface area is 391 Å². The van der Waals surface area contributed by atoms with Gasteiger partial charge >= 0.3 is 5.97 Å². The van der Waals surface area contributed by atoms with Crippen molar-refractivity contribution in [3.8, 4) is 0 Å². The molecule has 0 radical (unpaired) electrons. The number of Topliss-reactive ketones (excluding diaryl/α,β-unsaturated/α-hetero) is 1. The van der Waals surface area contributed by atoms with Gasteiger partial charge in [-0.3, -0.25) is 14.4 Å². The van der Waals surface area contributed by atoms with Gasteiger partial charge in [-0.25, -0.2) is 0 Å². The van der Waals surface area contributed by atoms with E-state index >= 15 is 0 Å². The van der Waals surface area contributed by atoms with Crippen molar-refractivity contribution in [1.29, 1.82) is 0 Å². The van der Waals surface area contributed by atoms with Crippen molar-refractivity contribution in [3.63, 3.8) is 0 Å². The van der Waals surface area contributed by atoms with Crippen LogP contribution in [0, 0.1) is 23.7 Å². The summed E-state index contributed by atoms with van der Waals surface area (Å²) in [5, 5.41) is 49.5. The summed E-state index contributed by atoms with van der Waals surface area (Å²) in [7, 11) is 4.91. The second kappa shape index (κ2) is 23.8. The molecule has 1 aromatic carbocycles. The van der Waals surface area contributed by atoms with E-state index in [2.05, 4.69) is 5.32 Å². The van der Waals surface area contributed by atoms with Crippen molar-refractivity contribution < 1.29 is 68.0 Å². The summed E-state index contributed by atoms with van der Waals surface area (Å²) < 4.78 is 44.5. The third kappa shape index (κ3) is 13.5. The van der Waals surface area contributed by atoms with Gasteiger partial charge in [0.15, 0.2) is 12.6 Å². The summed E-state index contributed by atoms with van der Waals surface area (Å²) in [6.07, 6.45) is -8.85. The number of esters is 1. The molecule has 0 spiro atoms. The molecule has 0 aliphatic carbocycles. The van der Waals surface area contributed by atoms with Crippen LogP contribution in [0.5, 0.6) is 0 Å². The lowest BCUT2D eigenvalue weighted by Gasteiger charge is -2.50. The smallest absolute Gasteiger partial charge is 0.311 e. The first kappa shape index (κ1) is 55.3. The molecule has 0 saturated carbocycles. The number of methoxy groups -OCH3 is 2. The molecule has 3 heterocycles. The van der Waals surface area contributed by atoms with E-state index in [1.54, 1.807) is 48.5 Å². The van der Waals surface area contributed by atoms with Crippen LogP contribution in [-0.4, -0.2) is 167 Å². The highest BCUT2D eigenvalue weighted by Crippen LogP contribution is 2.42. The minimum Gasteiger partial charge on any atom is -0.459 e. The first-order chi connectivity index (χ1) is 30.4. The normalized spacial score (nSPS) is 41.4. The van der Waals surface area contributed by atoms with Crippen molar-refractivity contribution >= 4 is 29.4 Å². The molecule has 0 aromatic heterocycles. The van der Waals surface area contributed by atoms with Crippen LogP contribution in [0.25, 0.3) is 0 Å². The number of ketones is 1. The number of benzene rings is 1. The highest BCUT2D eigenvalue weighted by Gasteiger charge is 2.54. The number of nitrogens with one attached hydrogen (secondary N) is 1. The number of rotatable bonds is 15. The molecule has 65 heavy (non-hydrogen) atoms. The average Bonchev–Trinajstić information content (AvgIpc) is 3.28. The predicted molar refractivity (Wildman–Crippen MR) is 245 cm³/mol. The fraction of sp³-hybridized carbons (Fsp3) is 0.812. The third-order valence-corrected chi connectivity index (χ3v) is 15.3. The van der Waals surface area contributed by atoms with Gasteiger partial charge in [-0.1, -0.05) is 45.9 Å². The van der Waals surface area contributed by atoms with Crippen molar-refractivity contribution in [3.05, 3.63) is 30.3 Å². The molecule has 16 nitrogen and oxygen atoms in total. The van der Waals surface area contributed by atoms with Crippen molar-refractivity contribution in [2.75, 3.05) is 40.1 Å². The number of carbonyl (C=O) groups is 3. The zero-order valence-corrected chi connectivity index (χ0v) is 41.7. The van der Waals surface area contributed by atoms with Crippen LogP contribution in [0.1, 0.15) is 101 Å². The molecule has 3 aliphatic rings. The summed E-state index contributed by atoms with van der Waals surface area (Å²) in [6, 6.07) is 9.33. The van der Waals surface area contributed by atoms with Gasteiger partial charge < -0.3 is 63.8 Å². The lowest BCUT2D eigenvalue weighted by atomic mass is 9.74. The van der Waals surface area contributed by atoms with E-state index in [9.17, 15) is 34.8 Å². The molecule has 1 aromatic rings. The second-order valence-corrected chi connectivity index (χ2v) is 20.5. The number of likely N-dealkylation sites (N-methyl/N-ethyl adjacent to an activating group) is 1. The van der Waals surface area contributed by atoms with Gasteiger partial charge in [0.25, 0.3) is 0 Å². The summed E-state index contributed by atoms with van der Waals surface area (Å²) in [5.41, 5.74) is -4.38.